The first-order valence-corrected chi connectivity index (χ1v) is 5.66. The van der Waals surface area contributed by atoms with Crippen LogP contribution in [-0.2, 0) is 4.74 Å². The molecule has 0 spiro atoms. The summed E-state index contributed by atoms with van der Waals surface area (Å²) in [5.41, 5.74) is 1.28. The number of halogens is 1. The molecule has 0 amide bonds. The molecular formula is C11H14BrNO. The zero-order valence-electron chi connectivity index (χ0n) is 8.24. The van der Waals surface area contributed by atoms with Crippen molar-refractivity contribution < 1.29 is 4.74 Å². The van der Waals surface area contributed by atoms with Gasteiger partial charge in [0.05, 0.1) is 13.2 Å². The van der Waals surface area contributed by atoms with Crippen LogP contribution in [0, 0.1) is 0 Å². The highest BCUT2D eigenvalue weighted by atomic mass is 79.9. The molecule has 0 N–H and O–H groups in total. The second kappa shape index (κ2) is 4.32. The predicted octanol–water partition coefficient (Wildman–Crippen LogP) is 2.67. The van der Waals surface area contributed by atoms with Gasteiger partial charge in [-0.1, -0.05) is 15.9 Å². The average molecular weight is 256 g/mol. The quantitative estimate of drug-likeness (QED) is 0.766. The molecule has 0 aromatic heterocycles. The summed E-state index contributed by atoms with van der Waals surface area (Å²) in [7, 11) is 0. The first kappa shape index (κ1) is 9.99. The van der Waals surface area contributed by atoms with Crippen molar-refractivity contribution in [2.75, 3.05) is 24.7 Å². The Hall–Kier alpha value is -0.540. The Morgan fingerprint density at radius 2 is 2.07 bits per heavy atom. The molecule has 76 valence electrons. The van der Waals surface area contributed by atoms with E-state index in [0.717, 1.165) is 24.2 Å². The fraction of sp³-hybridized carbons (Fsp3) is 0.455. The lowest BCUT2D eigenvalue weighted by Crippen LogP contribution is -2.43. The minimum Gasteiger partial charge on any atom is -0.377 e. The molecule has 1 fully saturated rings. The monoisotopic (exact) mass is 255 g/mol. The van der Waals surface area contributed by atoms with Gasteiger partial charge in [-0.25, -0.2) is 0 Å². The van der Waals surface area contributed by atoms with Gasteiger partial charge in [0.1, 0.15) is 0 Å². The van der Waals surface area contributed by atoms with E-state index in [1.54, 1.807) is 0 Å². The smallest absolute Gasteiger partial charge is 0.0668 e. The van der Waals surface area contributed by atoms with Gasteiger partial charge in [0.2, 0.25) is 0 Å². The molecule has 1 aromatic carbocycles. The molecule has 1 aromatic rings. The number of morpholine rings is 1. The van der Waals surface area contributed by atoms with Gasteiger partial charge < -0.3 is 9.64 Å². The van der Waals surface area contributed by atoms with E-state index in [0.29, 0.717) is 6.04 Å². The van der Waals surface area contributed by atoms with Crippen LogP contribution in [0.4, 0.5) is 5.69 Å². The molecule has 1 aliphatic heterocycles. The van der Waals surface area contributed by atoms with Crippen LogP contribution in [0.15, 0.2) is 28.7 Å². The number of rotatable bonds is 1. The second-order valence-electron chi connectivity index (χ2n) is 3.59. The van der Waals surface area contributed by atoms with Gasteiger partial charge >= 0.3 is 0 Å². The number of hydrogen-bond donors (Lipinski definition) is 0. The lowest BCUT2D eigenvalue weighted by atomic mass is 10.2. The molecule has 0 bridgehead atoms. The Balaban J connectivity index is 2.16. The zero-order chi connectivity index (χ0) is 9.97. The van der Waals surface area contributed by atoms with E-state index >= 15 is 0 Å². The maximum Gasteiger partial charge on any atom is 0.0668 e. The highest BCUT2D eigenvalue weighted by Crippen LogP contribution is 2.21. The van der Waals surface area contributed by atoms with E-state index < -0.39 is 0 Å². The van der Waals surface area contributed by atoms with E-state index in [1.807, 2.05) is 0 Å². The first-order valence-electron chi connectivity index (χ1n) is 4.87. The number of anilines is 1. The zero-order valence-corrected chi connectivity index (χ0v) is 9.83. The summed E-state index contributed by atoms with van der Waals surface area (Å²) < 4.78 is 6.53. The number of nitrogens with zero attached hydrogens (tertiary/aromatic N) is 1. The Morgan fingerprint density at radius 3 is 2.71 bits per heavy atom. The van der Waals surface area contributed by atoms with Gasteiger partial charge in [0.25, 0.3) is 0 Å². The van der Waals surface area contributed by atoms with Crippen molar-refractivity contribution >= 4 is 21.6 Å². The highest BCUT2D eigenvalue weighted by molar-refractivity contribution is 9.10. The summed E-state index contributed by atoms with van der Waals surface area (Å²) in [6.07, 6.45) is 0. The van der Waals surface area contributed by atoms with Crippen molar-refractivity contribution in [3.63, 3.8) is 0 Å². The maximum atomic E-state index is 5.41. The van der Waals surface area contributed by atoms with Crippen LogP contribution >= 0.6 is 15.9 Å². The topological polar surface area (TPSA) is 12.5 Å². The Kier molecular flexibility index (Phi) is 3.08. The summed E-state index contributed by atoms with van der Waals surface area (Å²) in [5.74, 6) is 0. The molecule has 0 saturated carbocycles. The minimum atomic E-state index is 0.477. The van der Waals surface area contributed by atoms with Gasteiger partial charge in [-0.3, -0.25) is 0 Å². The predicted molar refractivity (Wildman–Crippen MR) is 61.8 cm³/mol. The molecular weight excluding hydrogens is 242 g/mol. The van der Waals surface area contributed by atoms with Crippen molar-refractivity contribution in [3.05, 3.63) is 28.7 Å². The van der Waals surface area contributed by atoms with Gasteiger partial charge in [0.15, 0.2) is 0 Å². The molecule has 2 rings (SSSR count). The van der Waals surface area contributed by atoms with Crippen LogP contribution in [0.2, 0.25) is 0 Å². The summed E-state index contributed by atoms with van der Waals surface area (Å²) in [5, 5.41) is 0. The van der Waals surface area contributed by atoms with Crippen molar-refractivity contribution in [1.82, 2.24) is 0 Å². The summed E-state index contributed by atoms with van der Waals surface area (Å²) in [6.45, 7) is 4.85. The Bertz CT molecular complexity index is 299. The number of ether oxygens (including phenoxy) is 1. The molecule has 0 unspecified atom stereocenters. The summed E-state index contributed by atoms with van der Waals surface area (Å²) >= 11 is 3.44. The van der Waals surface area contributed by atoms with Crippen LogP contribution in [0.3, 0.4) is 0 Å². The van der Waals surface area contributed by atoms with Crippen LogP contribution in [0.25, 0.3) is 0 Å². The lowest BCUT2D eigenvalue weighted by molar-refractivity contribution is 0.0989. The Morgan fingerprint density at radius 1 is 1.36 bits per heavy atom. The standard InChI is InChI=1S/C11H14BrNO/c1-9-8-14-7-6-13(9)11-4-2-10(12)3-5-11/h2-5,9H,6-8H2,1H3/t9-/m1/s1. The van der Waals surface area contributed by atoms with Gasteiger partial charge in [-0.05, 0) is 31.2 Å². The minimum absolute atomic E-state index is 0.477. The van der Waals surface area contributed by atoms with Crippen molar-refractivity contribution in [2.45, 2.75) is 13.0 Å². The van der Waals surface area contributed by atoms with Crippen LogP contribution in [-0.4, -0.2) is 25.8 Å². The molecule has 0 aliphatic carbocycles. The highest BCUT2D eigenvalue weighted by Gasteiger charge is 2.18. The van der Waals surface area contributed by atoms with Gasteiger partial charge in [-0.15, -0.1) is 0 Å². The van der Waals surface area contributed by atoms with E-state index in [4.69, 9.17) is 4.74 Å². The fourth-order valence-corrected chi connectivity index (χ4v) is 2.01. The Labute approximate surface area is 93.0 Å². The molecule has 0 radical (unpaired) electrons. The SMILES string of the molecule is C[C@@H]1COCCN1c1ccc(Br)cc1. The number of benzene rings is 1. The second-order valence-corrected chi connectivity index (χ2v) is 4.51. The molecule has 1 saturated heterocycles. The van der Waals surface area contributed by atoms with E-state index in [2.05, 4.69) is 52.0 Å². The summed E-state index contributed by atoms with van der Waals surface area (Å²) in [4.78, 5) is 2.38. The van der Waals surface area contributed by atoms with Crippen LogP contribution < -0.4 is 4.90 Å². The molecule has 1 heterocycles. The third kappa shape index (κ3) is 2.10. The molecule has 2 nitrogen and oxygen atoms in total. The normalized spacial score (nSPS) is 22.4. The van der Waals surface area contributed by atoms with Crippen molar-refractivity contribution in [1.29, 1.82) is 0 Å². The van der Waals surface area contributed by atoms with Gasteiger partial charge in [0, 0.05) is 22.7 Å². The van der Waals surface area contributed by atoms with E-state index in [9.17, 15) is 0 Å². The first-order chi connectivity index (χ1) is 6.77. The van der Waals surface area contributed by atoms with Crippen molar-refractivity contribution in [2.24, 2.45) is 0 Å². The molecule has 14 heavy (non-hydrogen) atoms. The largest absolute Gasteiger partial charge is 0.377 e. The van der Waals surface area contributed by atoms with Gasteiger partial charge in [-0.2, -0.15) is 0 Å². The maximum absolute atomic E-state index is 5.41. The summed E-state index contributed by atoms with van der Waals surface area (Å²) in [6, 6.07) is 8.93. The fourth-order valence-electron chi connectivity index (χ4n) is 1.74. The van der Waals surface area contributed by atoms with Crippen LogP contribution in [0.5, 0.6) is 0 Å². The molecule has 1 aliphatic rings. The molecule has 1 atom stereocenters. The lowest BCUT2D eigenvalue weighted by Gasteiger charge is -2.35. The average Bonchev–Trinajstić information content (AvgIpc) is 2.20. The van der Waals surface area contributed by atoms with Crippen molar-refractivity contribution in [3.8, 4) is 0 Å². The number of hydrogen-bond acceptors (Lipinski definition) is 2. The van der Waals surface area contributed by atoms with Crippen LogP contribution in [0.1, 0.15) is 6.92 Å². The third-order valence-corrected chi connectivity index (χ3v) is 3.05. The van der Waals surface area contributed by atoms with E-state index in [1.165, 1.54) is 5.69 Å². The third-order valence-electron chi connectivity index (χ3n) is 2.53. The van der Waals surface area contributed by atoms with E-state index in [-0.39, 0.29) is 0 Å². The molecule has 3 heteroatoms.